The van der Waals surface area contributed by atoms with Crippen molar-refractivity contribution in [3.8, 4) is 5.75 Å². The van der Waals surface area contributed by atoms with Crippen LogP contribution in [-0.4, -0.2) is 40.7 Å². The van der Waals surface area contributed by atoms with E-state index in [0.717, 1.165) is 11.3 Å². The van der Waals surface area contributed by atoms with Crippen molar-refractivity contribution in [2.45, 2.75) is 25.4 Å². The van der Waals surface area contributed by atoms with Gasteiger partial charge in [0.25, 0.3) is 5.69 Å². The Hall–Kier alpha value is -3.42. The lowest BCUT2D eigenvalue weighted by Gasteiger charge is -2.48. The number of guanidine groups is 1. The van der Waals surface area contributed by atoms with Gasteiger partial charge >= 0.3 is 0 Å². The molecule has 1 unspecified atom stereocenters. The first-order chi connectivity index (χ1) is 13.3. The van der Waals surface area contributed by atoms with Gasteiger partial charge in [0.1, 0.15) is 5.75 Å². The minimum atomic E-state index is -0.882. The third-order valence-corrected chi connectivity index (χ3v) is 5.22. The molecule has 0 bridgehead atoms. The van der Waals surface area contributed by atoms with Gasteiger partial charge in [-0.25, -0.2) is 0 Å². The molecule has 0 saturated carbocycles. The topological polar surface area (TPSA) is 99.8 Å². The van der Waals surface area contributed by atoms with Crippen molar-refractivity contribution in [2.75, 3.05) is 14.2 Å². The van der Waals surface area contributed by atoms with Crippen LogP contribution in [0, 0.1) is 15.5 Å². The number of hydrogen-bond acceptors (Lipinski definition) is 5. The molecular formula is C20H22N4O4. The molecule has 2 aromatic carbocycles. The minimum absolute atomic E-state index is 0.0407. The van der Waals surface area contributed by atoms with E-state index in [9.17, 15) is 14.9 Å². The number of hydrogen-bond donors (Lipinski definition) is 1. The van der Waals surface area contributed by atoms with Gasteiger partial charge in [0, 0.05) is 25.7 Å². The lowest BCUT2D eigenvalue weighted by Crippen LogP contribution is -2.59. The molecule has 1 fully saturated rings. The Morgan fingerprint density at radius 3 is 2.54 bits per heavy atom. The van der Waals surface area contributed by atoms with Gasteiger partial charge in [0.2, 0.25) is 11.9 Å². The Morgan fingerprint density at radius 1 is 1.25 bits per heavy atom. The Kier molecular flexibility index (Phi) is 5.04. The van der Waals surface area contributed by atoms with Crippen molar-refractivity contribution in [3.63, 3.8) is 0 Å². The summed E-state index contributed by atoms with van der Waals surface area (Å²) in [6, 6.07) is 13.7. The normalized spacial score (nSPS) is 19.7. The Bertz CT molecular complexity index is 928. The molecule has 8 nitrogen and oxygen atoms in total. The number of benzene rings is 2. The van der Waals surface area contributed by atoms with Gasteiger partial charge in [-0.2, -0.15) is 0 Å². The van der Waals surface area contributed by atoms with Crippen LogP contribution in [-0.2, 0) is 16.9 Å². The van der Waals surface area contributed by atoms with Crippen molar-refractivity contribution in [2.24, 2.45) is 0 Å². The monoisotopic (exact) mass is 382 g/mol. The fraction of sp³-hybridized carbons (Fsp3) is 0.300. The highest BCUT2D eigenvalue weighted by Crippen LogP contribution is 2.38. The fourth-order valence-electron chi connectivity index (χ4n) is 3.42. The van der Waals surface area contributed by atoms with E-state index in [1.54, 1.807) is 31.2 Å². The average molecular weight is 382 g/mol. The highest BCUT2D eigenvalue weighted by atomic mass is 16.6. The molecule has 3 rings (SSSR count). The standard InChI is InChI=1S/C20H22N4O4/c1-20(15-5-4-6-16(11-15)24(26)27)12-18(25)22(2)19(21)23(20)13-14-7-9-17(28-3)10-8-14/h4-11,21H,12-13H2,1-3H3. The number of methoxy groups -OCH3 is 1. The van der Waals surface area contributed by atoms with Crippen LogP contribution >= 0.6 is 0 Å². The summed E-state index contributed by atoms with van der Waals surface area (Å²) in [5, 5.41) is 19.7. The lowest BCUT2D eigenvalue weighted by molar-refractivity contribution is -0.385. The predicted octanol–water partition coefficient (Wildman–Crippen LogP) is 3.12. The molecule has 2 aromatic rings. The molecule has 0 aliphatic carbocycles. The first-order valence-electron chi connectivity index (χ1n) is 8.77. The van der Waals surface area contributed by atoms with Gasteiger partial charge < -0.3 is 9.64 Å². The quantitative estimate of drug-likeness (QED) is 0.633. The number of ether oxygens (including phenoxy) is 1. The third-order valence-electron chi connectivity index (χ3n) is 5.22. The molecule has 0 radical (unpaired) electrons. The molecular weight excluding hydrogens is 360 g/mol. The molecule has 1 heterocycles. The number of nitro benzene ring substituents is 1. The number of carbonyl (C=O) groups excluding carboxylic acids is 1. The lowest BCUT2D eigenvalue weighted by atomic mass is 9.84. The van der Waals surface area contributed by atoms with Crippen LogP contribution in [0.4, 0.5) is 5.69 Å². The second kappa shape index (κ2) is 7.30. The second-order valence-electron chi connectivity index (χ2n) is 6.97. The van der Waals surface area contributed by atoms with Crippen molar-refractivity contribution in [3.05, 3.63) is 69.8 Å². The summed E-state index contributed by atoms with van der Waals surface area (Å²) in [5.74, 6) is 0.581. The van der Waals surface area contributed by atoms with Crippen molar-refractivity contribution in [1.29, 1.82) is 5.41 Å². The number of amides is 1. The maximum Gasteiger partial charge on any atom is 0.269 e. The number of nitrogens with zero attached hydrogens (tertiary/aromatic N) is 3. The molecule has 28 heavy (non-hydrogen) atoms. The third kappa shape index (κ3) is 3.40. The summed E-state index contributed by atoms with van der Waals surface area (Å²) in [6.07, 6.45) is 0.114. The molecule has 8 heteroatoms. The van der Waals surface area contributed by atoms with Crippen LogP contribution < -0.4 is 4.74 Å². The highest BCUT2D eigenvalue weighted by molar-refractivity contribution is 5.99. The second-order valence-corrected chi connectivity index (χ2v) is 6.97. The van der Waals surface area contributed by atoms with E-state index in [4.69, 9.17) is 10.1 Å². The predicted molar refractivity (Wildman–Crippen MR) is 104 cm³/mol. The summed E-state index contributed by atoms with van der Waals surface area (Å²) in [7, 11) is 3.16. The zero-order chi connectivity index (χ0) is 20.5. The summed E-state index contributed by atoms with van der Waals surface area (Å²) in [6.45, 7) is 2.22. The molecule has 1 aliphatic heterocycles. The van der Waals surface area contributed by atoms with E-state index in [1.807, 2.05) is 31.2 Å². The van der Waals surface area contributed by atoms with Gasteiger partial charge in [-0.1, -0.05) is 24.3 Å². The molecule has 1 atom stereocenters. The van der Waals surface area contributed by atoms with Gasteiger partial charge in [-0.15, -0.1) is 0 Å². The summed E-state index contributed by atoms with van der Waals surface area (Å²) in [5.41, 5.74) is 0.638. The van der Waals surface area contributed by atoms with E-state index in [2.05, 4.69) is 0 Å². The first-order valence-corrected chi connectivity index (χ1v) is 8.77. The van der Waals surface area contributed by atoms with Crippen LogP contribution in [0.2, 0.25) is 0 Å². The van der Waals surface area contributed by atoms with E-state index in [1.165, 1.54) is 17.0 Å². The molecule has 1 aliphatic rings. The van der Waals surface area contributed by atoms with E-state index in [-0.39, 0.29) is 24.0 Å². The van der Waals surface area contributed by atoms with Crippen molar-refractivity contribution >= 4 is 17.6 Å². The molecule has 0 spiro atoms. The Labute approximate surface area is 163 Å². The maximum absolute atomic E-state index is 12.5. The van der Waals surface area contributed by atoms with Crippen LogP contribution in [0.1, 0.15) is 24.5 Å². The molecule has 1 saturated heterocycles. The van der Waals surface area contributed by atoms with Crippen LogP contribution in [0.15, 0.2) is 48.5 Å². The van der Waals surface area contributed by atoms with Gasteiger partial charge in [-0.05, 0) is 30.2 Å². The van der Waals surface area contributed by atoms with Crippen molar-refractivity contribution < 1.29 is 14.5 Å². The Morgan fingerprint density at radius 2 is 1.93 bits per heavy atom. The number of nitrogens with one attached hydrogen (secondary N) is 1. The van der Waals surface area contributed by atoms with Gasteiger partial charge in [-0.3, -0.25) is 25.2 Å². The summed E-state index contributed by atoms with van der Waals surface area (Å²) in [4.78, 5) is 26.4. The van der Waals surface area contributed by atoms with Crippen LogP contribution in [0.5, 0.6) is 5.75 Å². The largest absolute Gasteiger partial charge is 0.497 e. The molecule has 146 valence electrons. The van der Waals surface area contributed by atoms with E-state index < -0.39 is 10.5 Å². The minimum Gasteiger partial charge on any atom is -0.497 e. The smallest absolute Gasteiger partial charge is 0.269 e. The summed E-state index contributed by atoms with van der Waals surface area (Å²) < 4.78 is 5.18. The fourth-order valence-corrected chi connectivity index (χ4v) is 3.42. The number of non-ortho nitro benzene ring substituents is 1. The zero-order valence-corrected chi connectivity index (χ0v) is 16.0. The summed E-state index contributed by atoms with van der Waals surface area (Å²) >= 11 is 0. The first kappa shape index (κ1) is 19.3. The van der Waals surface area contributed by atoms with Gasteiger partial charge in [0.15, 0.2) is 0 Å². The number of rotatable bonds is 5. The number of carbonyl (C=O) groups is 1. The molecule has 1 amide bonds. The maximum atomic E-state index is 12.5. The van der Waals surface area contributed by atoms with E-state index >= 15 is 0 Å². The van der Waals surface area contributed by atoms with Crippen LogP contribution in [0.25, 0.3) is 0 Å². The van der Waals surface area contributed by atoms with E-state index in [0.29, 0.717) is 12.1 Å². The SMILES string of the molecule is COc1ccc(CN2C(=N)N(C)C(=O)CC2(C)c2cccc([N+](=O)[O-])c2)cc1. The number of nitro groups is 1. The zero-order valence-electron chi connectivity index (χ0n) is 16.0. The van der Waals surface area contributed by atoms with Gasteiger partial charge in [0.05, 0.1) is 24.0 Å². The Balaban J connectivity index is 2.03. The van der Waals surface area contributed by atoms with Crippen LogP contribution in [0.3, 0.4) is 0 Å². The average Bonchev–Trinajstić information content (AvgIpc) is 2.70. The molecule has 0 aromatic heterocycles. The van der Waals surface area contributed by atoms with Crippen molar-refractivity contribution in [1.82, 2.24) is 9.80 Å². The highest BCUT2D eigenvalue weighted by Gasteiger charge is 2.45. The molecule has 1 N–H and O–H groups in total.